The molecule has 1 aliphatic heterocycles. The molecule has 0 radical (unpaired) electrons. The standard InChI is InChI=1S/C23H25NO3/c1-2-11-23(26)12-14-24(15-13-23)22(25)27-16-21-19-9-5-3-7-17(19)18-8-4-6-10-20(18)21/h2-10,21,26H,1,11-16H2. The summed E-state index contributed by atoms with van der Waals surface area (Å²) in [5, 5.41) is 10.4. The lowest BCUT2D eigenvalue weighted by atomic mass is 9.88. The molecular weight excluding hydrogens is 338 g/mol. The summed E-state index contributed by atoms with van der Waals surface area (Å²) >= 11 is 0. The van der Waals surface area contributed by atoms with Gasteiger partial charge in [-0.2, -0.15) is 0 Å². The lowest BCUT2D eigenvalue weighted by Crippen LogP contribution is -2.46. The number of rotatable bonds is 4. The van der Waals surface area contributed by atoms with Gasteiger partial charge in [0.05, 0.1) is 5.60 Å². The lowest BCUT2D eigenvalue weighted by Gasteiger charge is -2.37. The van der Waals surface area contributed by atoms with Gasteiger partial charge in [0, 0.05) is 19.0 Å². The Morgan fingerprint density at radius 2 is 1.67 bits per heavy atom. The van der Waals surface area contributed by atoms with Gasteiger partial charge in [-0.1, -0.05) is 54.6 Å². The molecule has 1 saturated heterocycles. The number of fused-ring (bicyclic) bond motifs is 3. The number of carbonyl (C=O) groups is 1. The van der Waals surface area contributed by atoms with Gasteiger partial charge in [0.25, 0.3) is 0 Å². The lowest BCUT2D eigenvalue weighted by molar-refractivity contribution is -0.0180. The molecule has 2 aliphatic rings. The topological polar surface area (TPSA) is 49.8 Å². The fourth-order valence-electron chi connectivity index (χ4n) is 4.26. The molecule has 0 bridgehead atoms. The molecule has 1 fully saturated rings. The molecule has 1 heterocycles. The zero-order valence-corrected chi connectivity index (χ0v) is 15.4. The van der Waals surface area contributed by atoms with Crippen LogP contribution in [0.2, 0.25) is 0 Å². The van der Waals surface area contributed by atoms with Gasteiger partial charge in [0.2, 0.25) is 0 Å². The minimum absolute atomic E-state index is 0.0730. The first-order valence-electron chi connectivity index (χ1n) is 9.54. The normalized spacial score (nSPS) is 17.9. The molecule has 2 aromatic rings. The van der Waals surface area contributed by atoms with Crippen molar-refractivity contribution in [3.8, 4) is 11.1 Å². The average molecular weight is 363 g/mol. The molecular formula is C23H25NO3. The van der Waals surface area contributed by atoms with E-state index in [1.807, 2.05) is 24.3 Å². The van der Waals surface area contributed by atoms with Gasteiger partial charge >= 0.3 is 6.09 Å². The van der Waals surface area contributed by atoms with E-state index in [0.717, 1.165) is 0 Å². The molecule has 1 aliphatic carbocycles. The highest BCUT2D eigenvalue weighted by Gasteiger charge is 2.34. The molecule has 0 saturated carbocycles. The van der Waals surface area contributed by atoms with E-state index in [1.54, 1.807) is 11.0 Å². The van der Waals surface area contributed by atoms with Gasteiger partial charge in [-0.25, -0.2) is 4.79 Å². The largest absolute Gasteiger partial charge is 0.448 e. The third-order valence-corrected chi connectivity index (χ3v) is 5.81. The van der Waals surface area contributed by atoms with Gasteiger partial charge in [0.15, 0.2) is 0 Å². The number of nitrogens with zero attached hydrogens (tertiary/aromatic N) is 1. The third kappa shape index (κ3) is 3.37. The molecule has 4 rings (SSSR count). The number of carbonyl (C=O) groups excluding carboxylic acids is 1. The van der Waals surface area contributed by atoms with Gasteiger partial charge in [-0.15, -0.1) is 6.58 Å². The number of benzene rings is 2. The number of hydrogen-bond donors (Lipinski definition) is 1. The molecule has 27 heavy (non-hydrogen) atoms. The Bertz CT molecular complexity index is 807. The molecule has 0 unspecified atom stereocenters. The van der Waals surface area contributed by atoms with E-state index < -0.39 is 5.60 Å². The van der Waals surface area contributed by atoms with Crippen molar-refractivity contribution in [2.24, 2.45) is 0 Å². The maximum absolute atomic E-state index is 12.5. The number of piperidine rings is 1. The van der Waals surface area contributed by atoms with Gasteiger partial charge < -0.3 is 14.7 Å². The Morgan fingerprint density at radius 3 is 2.22 bits per heavy atom. The van der Waals surface area contributed by atoms with Crippen molar-refractivity contribution in [3.05, 3.63) is 72.3 Å². The van der Waals surface area contributed by atoms with Crippen molar-refractivity contribution < 1.29 is 14.6 Å². The molecule has 140 valence electrons. The van der Waals surface area contributed by atoms with Crippen LogP contribution in [-0.2, 0) is 4.74 Å². The Morgan fingerprint density at radius 1 is 1.11 bits per heavy atom. The number of ether oxygens (including phenoxy) is 1. The van der Waals surface area contributed by atoms with Crippen LogP contribution in [0.1, 0.15) is 36.3 Å². The van der Waals surface area contributed by atoms with Crippen molar-refractivity contribution in [1.82, 2.24) is 4.90 Å². The number of amides is 1. The highest BCUT2D eigenvalue weighted by atomic mass is 16.6. The number of likely N-dealkylation sites (tertiary alicyclic amines) is 1. The maximum atomic E-state index is 12.5. The minimum Gasteiger partial charge on any atom is -0.448 e. The highest BCUT2D eigenvalue weighted by molar-refractivity contribution is 5.79. The minimum atomic E-state index is -0.734. The summed E-state index contributed by atoms with van der Waals surface area (Å²) in [5.41, 5.74) is 4.14. The van der Waals surface area contributed by atoms with Gasteiger partial charge in [-0.3, -0.25) is 0 Å². The first-order valence-corrected chi connectivity index (χ1v) is 9.54. The smallest absolute Gasteiger partial charge is 0.409 e. The van der Waals surface area contributed by atoms with E-state index in [9.17, 15) is 9.90 Å². The summed E-state index contributed by atoms with van der Waals surface area (Å²) in [5.74, 6) is 0.0730. The summed E-state index contributed by atoms with van der Waals surface area (Å²) in [6.07, 6.45) is 3.12. The van der Waals surface area contributed by atoms with E-state index in [-0.39, 0.29) is 12.0 Å². The monoisotopic (exact) mass is 363 g/mol. The fraction of sp³-hybridized carbons (Fsp3) is 0.348. The second-order valence-corrected chi connectivity index (χ2v) is 7.51. The van der Waals surface area contributed by atoms with E-state index in [0.29, 0.717) is 39.0 Å². The van der Waals surface area contributed by atoms with Crippen molar-refractivity contribution in [2.75, 3.05) is 19.7 Å². The first-order chi connectivity index (χ1) is 13.1. The van der Waals surface area contributed by atoms with Crippen LogP contribution in [0, 0.1) is 0 Å². The Hall–Kier alpha value is -2.59. The van der Waals surface area contributed by atoms with Crippen LogP contribution >= 0.6 is 0 Å². The SMILES string of the molecule is C=CCC1(O)CCN(C(=O)OCC2c3ccccc3-c3ccccc32)CC1. The average Bonchev–Trinajstić information content (AvgIpc) is 3.01. The van der Waals surface area contributed by atoms with Crippen LogP contribution in [0.15, 0.2) is 61.2 Å². The van der Waals surface area contributed by atoms with Crippen molar-refractivity contribution in [1.29, 1.82) is 0 Å². The molecule has 1 N–H and O–H groups in total. The van der Waals surface area contributed by atoms with Crippen LogP contribution in [0.25, 0.3) is 11.1 Å². The van der Waals surface area contributed by atoms with Gasteiger partial charge in [-0.05, 0) is 41.5 Å². The zero-order chi connectivity index (χ0) is 18.9. The Labute approximate surface area is 160 Å². The predicted octanol–water partition coefficient (Wildman–Crippen LogP) is 4.34. The van der Waals surface area contributed by atoms with E-state index in [1.165, 1.54) is 22.3 Å². The summed E-state index contributed by atoms with van der Waals surface area (Å²) in [6, 6.07) is 16.6. The highest BCUT2D eigenvalue weighted by Crippen LogP contribution is 2.44. The van der Waals surface area contributed by atoms with E-state index in [2.05, 4.69) is 30.8 Å². The van der Waals surface area contributed by atoms with E-state index in [4.69, 9.17) is 4.74 Å². The van der Waals surface area contributed by atoms with Gasteiger partial charge in [0.1, 0.15) is 6.61 Å². The molecule has 4 nitrogen and oxygen atoms in total. The molecule has 0 atom stereocenters. The summed E-state index contributed by atoms with van der Waals surface area (Å²) in [7, 11) is 0. The van der Waals surface area contributed by atoms with Crippen LogP contribution < -0.4 is 0 Å². The van der Waals surface area contributed by atoms with Crippen LogP contribution in [0.3, 0.4) is 0 Å². The molecule has 2 aromatic carbocycles. The first kappa shape index (κ1) is 17.8. The van der Waals surface area contributed by atoms with Crippen molar-refractivity contribution in [3.63, 3.8) is 0 Å². The van der Waals surface area contributed by atoms with Crippen LogP contribution in [0.4, 0.5) is 4.79 Å². The Kier molecular flexibility index (Phi) is 4.75. The zero-order valence-electron chi connectivity index (χ0n) is 15.4. The van der Waals surface area contributed by atoms with Crippen LogP contribution in [-0.4, -0.2) is 41.4 Å². The van der Waals surface area contributed by atoms with E-state index >= 15 is 0 Å². The second-order valence-electron chi connectivity index (χ2n) is 7.51. The summed E-state index contributed by atoms with van der Waals surface area (Å²) in [6.45, 7) is 5.06. The van der Waals surface area contributed by atoms with Crippen molar-refractivity contribution >= 4 is 6.09 Å². The molecule has 0 spiro atoms. The quantitative estimate of drug-likeness (QED) is 0.822. The molecule has 1 amide bonds. The third-order valence-electron chi connectivity index (χ3n) is 5.81. The fourth-order valence-corrected chi connectivity index (χ4v) is 4.26. The maximum Gasteiger partial charge on any atom is 0.409 e. The van der Waals surface area contributed by atoms with Crippen molar-refractivity contribution in [2.45, 2.75) is 30.8 Å². The molecule has 0 aromatic heterocycles. The van der Waals surface area contributed by atoms with Crippen LogP contribution in [0.5, 0.6) is 0 Å². The number of hydrogen-bond acceptors (Lipinski definition) is 3. The molecule has 4 heteroatoms. The summed E-state index contributed by atoms with van der Waals surface area (Å²) < 4.78 is 5.69. The Balaban J connectivity index is 1.42. The second kappa shape index (κ2) is 7.20. The summed E-state index contributed by atoms with van der Waals surface area (Å²) in [4.78, 5) is 14.2. The number of aliphatic hydroxyl groups is 1. The predicted molar refractivity (Wildman–Crippen MR) is 106 cm³/mol.